The second-order valence-corrected chi connectivity index (χ2v) is 7.54. The van der Waals surface area contributed by atoms with E-state index in [1.807, 2.05) is 24.3 Å². The van der Waals surface area contributed by atoms with Crippen LogP contribution in [0.3, 0.4) is 0 Å². The standard InChI is InChI=1S/C23H23ClF2N4O2/c24-18-10-20(29-14-23(25,26)17-8-2-1-3-9-17)30-19(22(18)32)11-21(31)28-13-16-7-5-4-6-15(16)12-27/h1-10,32H,11-14,27H2,(H,28,31)(H,29,30). The Bertz CT molecular complexity index is 1080. The summed E-state index contributed by atoms with van der Waals surface area (Å²) in [7, 11) is 0. The maximum absolute atomic E-state index is 14.4. The molecule has 2 aromatic carbocycles. The topological polar surface area (TPSA) is 100 Å². The van der Waals surface area contributed by atoms with Gasteiger partial charge in [0, 0.05) is 24.7 Å². The number of nitrogens with two attached hydrogens (primary N) is 1. The second kappa shape index (κ2) is 10.4. The molecule has 0 unspecified atom stereocenters. The van der Waals surface area contributed by atoms with E-state index in [4.69, 9.17) is 17.3 Å². The minimum Gasteiger partial charge on any atom is -0.505 e. The molecule has 0 aliphatic rings. The lowest BCUT2D eigenvalue weighted by Gasteiger charge is -2.18. The van der Waals surface area contributed by atoms with Crippen molar-refractivity contribution < 1.29 is 18.7 Å². The molecule has 0 spiro atoms. The number of carbonyl (C=O) groups excluding carboxylic acids is 1. The largest absolute Gasteiger partial charge is 0.505 e. The molecule has 5 N–H and O–H groups in total. The number of nitrogens with one attached hydrogen (secondary N) is 2. The molecule has 6 nitrogen and oxygen atoms in total. The number of nitrogens with zero attached hydrogens (tertiary/aromatic N) is 1. The van der Waals surface area contributed by atoms with E-state index in [0.29, 0.717) is 6.54 Å². The number of benzene rings is 2. The number of aromatic nitrogens is 1. The van der Waals surface area contributed by atoms with Gasteiger partial charge in [-0.15, -0.1) is 0 Å². The van der Waals surface area contributed by atoms with E-state index in [1.165, 1.54) is 30.3 Å². The molecule has 0 saturated carbocycles. The molecule has 0 bridgehead atoms. The minimum absolute atomic E-state index is 0.0207. The van der Waals surface area contributed by atoms with Crippen molar-refractivity contribution in [3.8, 4) is 5.75 Å². The van der Waals surface area contributed by atoms with Gasteiger partial charge in [-0.3, -0.25) is 4.79 Å². The molecule has 1 amide bonds. The summed E-state index contributed by atoms with van der Waals surface area (Å²) in [4.78, 5) is 16.5. The molecular weight excluding hydrogens is 438 g/mol. The van der Waals surface area contributed by atoms with Crippen LogP contribution in [0.5, 0.6) is 5.75 Å². The van der Waals surface area contributed by atoms with E-state index in [0.717, 1.165) is 11.1 Å². The molecule has 9 heteroatoms. The lowest BCUT2D eigenvalue weighted by molar-refractivity contribution is -0.120. The van der Waals surface area contributed by atoms with Crippen molar-refractivity contribution in [3.05, 3.63) is 88.1 Å². The van der Waals surface area contributed by atoms with Crippen LogP contribution >= 0.6 is 11.6 Å². The third-order valence-electron chi connectivity index (χ3n) is 4.85. The molecule has 1 aromatic heterocycles. The monoisotopic (exact) mass is 460 g/mol. The van der Waals surface area contributed by atoms with E-state index in [1.54, 1.807) is 6.07 Å². The van der Waals surface area contributed by atoms with Crippen LogP contribution in [-0.4, -0.2) is 22.5 Å². The lowest BCUT2D eigenvalue weighted by atomic mass is 10.1. The van der Waals surface area contributed by atoms with Gasteiger partial charge in [-0.05, 0) is 11.1 Å². The van der Waals surface area contributed by atoms with Crippen molar-refractivity contribution in [2.45, 2.75) is 25.4 Å². The highest BCUT2D eigenvalue weighted by molar-refractivity contribution is 6.32. The summed E-state index contributed by atoms with van der Waals surface area (Å²) in [6.45, 7) is -0.139. The van der Waals surface area contributed by atoms with Crippen LogP contribution < -0.4 is 16.4 Å². The third kappa shape index (κ3) is 5.93. The van der Waals surface area contributed by atoms with Crippen LogP contribution in [0.25, 0.3) is 0 Å². The second-order valence-electron chi connectivity index (χ2n) is 7.13. The minimum atomic E-state index is -3.15. The molecule has 3 aromatic rings. The summed E-state index contributed by atoms with van der Waals surface area (Å²) < 4.78 is 28.8. The van der Waals surface area contributed by atoms with Crippen LogP contribution in [0, 0.1) is 0 Å². The van der Waals surface area contributed by atoms with Crippen LogP contribution in [0.4, 0.5) is 14.6 Å². The van der Waals surface area contributed by atoms with Gasteiger partial charge in [-0.1, -0.05) is 66.2 Å². The lowest BCUT2D eigenvalue weighted by Crippen LogP contribution is -2.26. The average Bonchev–Trinajstić information content (AvgIpc) is 2.80. The Kier molecular flexibility index (Phi) is 7.61. The number of anilines is 1. The Balaban J connectivity index is 1.66. The van der Waals surface area contributed by atoms with E-state index in [-0.39, 0.29) is 40.8 Å². The van der Waals surface area contributed by atoms with Gasteiger partial charge in [0.2, 0.25) is 5.91 Å². The molecule has 1 heterocycles. The maximum atomic E-state index is 14.4. The first-order chi connectivity index (χ1) is 15.3. The average molecular weight is 461 g/mol. The fourth-order valence-corrected chi connectivity index (χ4v) is 3.31. The Morgan fingerprint density at radius 2 is 1.75 bits per heavy atom. The molecule has 32 heavy (non-hydrogen) atoms. The molecule has 3 rings (SSSR count). The summed E-state index contributed by atoms with van der Waals surface area (Å²) in [5, 5.41) is 15.4. The fraction of sp³-hybridized carbons (Fsp3) is 0.217. The van der Waals surface area contributed by atoms with Crippen LogP contribution in [0.15, 0.2) is 60.7 Å². The van der Waals surface area contributed by atoms with E-state index < -0.39 is 18.4 Å². The predicted molar refractivity (Wildman–Crippen MR) is 120 cm³/mol. The highest BCUT2D eigenvalue weighted by Crippen LogP contribution is 2.31. The van der Waals surface area contributed by atoms with E-state index in [2.05, 4.69) is 15.6 Å². The quantitative estimate of drug-likeness (QED) is 0.387. The third-order valence-corrected chi connectivity index (χ3v) is 5.14. The van der Waals surface area contributed by atoms with Gasteiger partial charge in [0.1, 0.15) is 5.82 Å². The fourth-order valence-electron chi connectivity index (χ4n) is 3.09. The van der Waals surface area contributed by atoms with Crippen molar-refractivity contribution in [2.75, 3.05) is 11.9 Å². The summed E-state index contributed by atoms with van der Waals surface area (Å²) >= 11 is 6.02. The molecular formula is C23H23ClF2N4O2. The summed E-state index contributed by atoms with van der Waals surface area (Å²) in [6.07, 6.45) is -0.277. The molecule has 0 fully saturated rings. The van der Waals surface area contributed by atoms with Crippen LogP contribution in [0.2, 0.25) is 5.02 Å². The number of alkyl halides is 2. The Morgan fingerprint density at radius 1 is 1.09 bits per heavy atom. The predicted octanol–water partition coefficient (Wildman–Crippen LogP) is 3.96. The zero-order valence-corrected chi connectivity index (χ0v) is 17.9. The maximum Gasteiger partial charge on any atom is 0.290 e. The number of amides is 1. The van der Waals surface area contributed by atoms with Crippen molar-refractivity contribution in [3.63, 3.8) is 0 Å². The van der Waals surface area contributed by atoms with Crippen LogP contribution in [0.1, 0.15) is 22.4 Å². The summed E-state index contributed by atoms with van der Waals surface area (Å²) in [5.74, 6) is -3.91. The SMILES string of the molecule is NCc1ccccc1CNC(=O)Cc1nc(NCC(F)(F)c2ccccc2)cc(Cl)c1O. The number of rotatable bonds is 9. The molecule has 0 radical (unpaired) electrons. The first-order valence-electron chi connectivity index (χ1n) is 9.89. The normalized spacial score (nSPS) is 11.2. The first kappa shape index (κ1) is 23.4. The van der Waals surface area contributed by atoms with Gasteiger partial charge in [-0.25, -0.2) is 4.98 Å². The van der Waals surface area contributed by atoms with Crippen molar-refractivity contribution in [2.24, 2.45) is 5.73 Å². The zero-order valence-electron chi connectivity index (χ0n) is 17.1. The van der Waals surface area contributed by atoms with Gasteiger partial charge in [0.15, 0.2) is 5.75 Å². The van der Waals surface area contributed by atoms with Crippen LogP contribution in [-0.2, 0) is 30.2 Å². The smallest absolute Gasteiger partial charge is 0.290 e. The molecule has 0 atom stereocenters. The molecule has 0 saturated heterocycles. The van der Waals surface area contributed by atoms with Gasteiger partial charge in [0.25, 0.3) is 5.92 Å². The molecule has 0 aliphatic carbocycles. The van der Waals surface area contributed by atoms with Gasteiger partial charge in [0.05, 0.1) is 23.7 Å². The Morgan fingerprint density at radius 3 is 2.44 bits per heavy atom. The summed E-state index contributed by atoms with van der Waals surface area (Å²) in [6, 6.07) is 16.0. The first-order valence-corrected chi connectivity index (χ1v) is 10.3. The number of halogens is 3. The Labute approximate surface area is 189 Å². The molecule has 168 valence electrons. The number of aromatic hydroxyl groups is 1. The summed E-state index contributed by atoms with van der Waals surface area (Å²) in [5.41, 5.74) is 7.31. The van der Waals surface area contributed by atoms with E-state index in [9.17, 15) is 18.7 Å². The number of hydrogen-bond donors (Lipinski definition) is 4. The number of hydrogen-bond acceptors (Lipinski definition) is 5. The van der Waals surface area contributed by atoms with Crippen molar-refractivity contribution >= 4 is 23.3 Å². The molecule has 0 aliphatic heterocycles. The van der Waals surface area contributed by atoms with Crippen molar-refractivity contribution in [1.82, 2.24) is 10.3 Å². The zero-order chi connectivity index (χ0) is 23.1. The van der Waals surface area contributed by atoms with Gasteiger partial charge < -0.3 is 21.5 Å². The van der Waals surface area contributed by atoms with Crippen molar-refractivity contribution in [1.29, 1.82) is 0 Å². The van der Waals surface area contributed by atoms with E-state index >= 15 is 0 Å². The number of pyridine rings is 1. The number of carbonyl (C=O) groups is 1. The van der Waals surface area contributed by atoms with Gasteiger partial charge in [-0.2, -0.15) is 8.78 Å². The highest BCUT2D eigenvalue weighted by atomic mass is 35.5. The Hall–Kier alpha value is -3.23. The highest BCUT2D eigenvalue weighted by Gasteiger charge is 2.31. The van der Waals surface area contributed by atoms with Gasteiger partial charge >= 0.3 is 0 Å².